The van der Waals surface area contributed by atoms with Gasteiger partial charge in [-0.05, 0) is 18.6 Å². The zero-order valence-electron chi connectivity index (χ0n) is 10.6. The first-order chi connectivity index (χ1) is 8.72. The number of furan rings is 1. The molecule has 0 aliphatic carbocycles. The van der Waals surface area contributed by atoms with Crippen molar-refractivity contribution in [2.75, 3.05) is 0 Å². The highest BCUT2D eigenvalue weighted by molar-refractivity contribution is 5.19. The molecule has 2 heterocycles. The Morgan fingerprint density at radius 2 is 2.28 bits per heavy atom. The average Bonchev–Trinajstić information content (AvgIpc) is 2.96. The lowest BCUT2D eigenvalue weighted by Crippen LogP contribution is -2.12. The summed E-state index contributed by atoms with van der Waals surface area (Å²) in [6.45, 7) is 3.46. The third-order valence-electron chi connectivity index (χ3n) is 2.71. The number of nitrogens with one attached hydrogen (secondary N) is 1. The van der Waals surface area contributed by atoms with Crippen molar-refractivity contribution in [3.05, 3.63) is 41.1 Å². The lowest BCUT2D eigenvalue weighted by Gasteiger charge is -2.01. The summed E-state index contributed by atoms with van der Waals surface area (Å²) in [5, 5.41) is 16.3. The summed E-state index contributed by atoms with van der Waals surface area (Å²) >= 11 is 0. The van der Waals surface area contributed by atoms with E-state index in [4.69, 9.17) is 9.68 Å². The molecule has 2 rings (SSSR count). The van der Waals surface area contributed by atoms with Gasteiger partial charge in [0.05, 0.1) is 12.2 Å². The monoisotopic (exact) mass is 244 g/mol. The molecule has 0 radical (unpaired) electrons. The van der Waals surface area contributed by atoms with Gasteiger partial charge < -0.3 is 9.73 Å². The molecule has 5 heteroatoms. The standard InChI is InChI=1S/C13H16N4O/c1-3-13-10(9-17(2)16-13)7-15-8-12-5-4-11(6-14)18-12/h4-5,9,15H,3,7-8H2,1-2H3. The zero-order valence-corrected chi connectivity index (χ0v) is 10.6. The summed E-state index contributed by atoms with van der Waals surface area (Å²) < 4.78 is 7.12. The van der Waals surface area contributed by atoms with E-state index in [1.807, 2.05) is 30.1 Å². The molecule has 0 saturated heterocycles. The van der Waals surface area contributed by atoms with Gasteiger partial charge in [-0.1, -0.05) is 6.92 Å². The lowest BCUT2D eigenvalue weighted by atomic mass is 10.2. The van der Waals surface area contributed by atoms with Gasteiger partial charge in [-0.15, -0.1) is 0 Å². The first-order valence-electron chi connectivity index (χ1n) is 5.94. The topological polar surface area (TPSA) is 66.8 Å². The third-order valence-corrected chi connectivity index (χ3v) is 2.71. The molecule has 2 aromatic rings. The molecule has 94 valence electrons. The predicted molar refractivity (Wildman–Crippen MR) is 66.6 cm³/mol. The van der Waals surface area contributed by atoms with Crippen LogP contribution in [0.1, 0.15) is 29.7 Å². The maximum atomic E-state index is 8.65. The first-order valence-corrected chi connectivity index (χ1v) is 5.94. The minimum absolute atomic E-state index is 0.349. The Kier molecular flexibility index (Phi) is 3.80. The van der Waals surface area contributed by atoms with Gasteiger partial charge in [0.1, 0.15) is 11.8 Å². The van der Waals surface area contributed by atoms with E-state index in [1.165, 1.54) is 5.56 Å². The molecule has 0 aliphatic heterocycles. The molecule has 0 bridgehead atoms. The van der Waals surface area contributed by atoms with Crippen LogP contribution in [0.15, 0.2) is 22.7 Å². The highest BCUT2D eigenvalue weighted by atomic mass is 16.3. The number of hydrogen-bond acceptors (Lipinski definition) is 4. The summed E-state index contributed by atoms with van der Waals surface area (Å²) in [5.41, 5.74) is 2.31. The Hall–Kier alpha value is -2.06. The molecule has 0 aliphatic rings. The molecule has 0 spiro atoms. The van der Waals surface area contributed by atoms with Crippen LogP contribution in [-0.2, 0) is 26.6 Å². The third kappa shape index (κ3) is 2.79. The fourth-order valence-corrected chi connectivity index (χ4v) is 1.88. The molecule has 2 aromatic heterocycles. The average molecular weight is 244 g/mol. The van der Waals surface area contributed by atoms with Crippen LogP contribution in [0.5, 0.6) is 0 Å². The van der Waals surface area contributed by atoms with E-state index in [2.05, 4.69) is 17.3 Å². The maximum absolute atomic E-state index is 8.65. The Balaban J connectivity index is 1.90. The van der Waals surface area contributed by atoms with E-state index in [0.717, 1.165) is 24.4 Å². The lowest BCUT2D eigenvalue weighted by molar-refractivity contribution is 0.473. The van der Waals surface area contributed by atoms with Gasteiger partial charge in [-0.3, -0.25) is 4.68 Å². The first kappa shape index (κ1) is 12.4. The molecular weight excluding hydrogens is 228 g/mol. The number of nitrogens with zero attached hydrogens (tertiary/aromatic N) is 3. The van der Waals surface area contributed by atoms with Crippen molar-refractivity contribution in [1.82, 2.24) is 15.1 Å². The summed E-state index contributed by atoms with van der Waals surface area (Å²) in [7, 11) is 1.92. The molecule has 0 aromatic carbocycles. The molecule has 0 atom stereocenters. The van der Waals surface area contributed by atoms with Crippen LogP contribution in [0.3, 0.4) is 0 Å². The summed E-state index contributed by atoms with van der Waals surface area (Å²) in [4.78, 5) is 0. The summed E-state index contributed by atoms with van der Waals surface area (Å²) in [6.07, 6.45) is 2.95. The van der Waals surface area contributed by atoms with Crippen LogP contribution in [0, 0.1) is 11.3 Å². The molecule has 1 N–H and O–H groups in total. The minimum atomic E-state index is 0.349. The van der Waals surface area contributed by atoms with Gasteiger partial charge in [-0.25, -0.2) is 0 Å². The second kappa shape index (κ2) is 5.52. The van der Waals surface area contributed by atoms with Crippen LogP contribution in [0.2, 0.25) is 0 Å². The fraction of sp³-hybridized carbons (Fsp3) is 0.385. The van der Waals surface area contributed by atoms with E-state index >= 15 is 0 Å². The quantitative estimate of drug-likeness (QED) is 0.870. The summed E-state index contributed by atoms with van der Waals surface area (Å²) in [6, 6.07) is 5.46. The van der Waals surface area contributed by atoms with Crippen LogP contribution in [0.4, 0.5) is 0 Å². The highest BCUT2D eigenvalue weighted by Gasteiger charge is 2.06. The van der Waals surface area contributed by atoms with Crippen molar-refractivity contribution in [3.8, 4) is 6.07 Å². The molecule has 0 unspecified atom stereocenters. The highest BCUT2D eigenvalue weighted by Crippen LogP contribution is 2.09. The molecule has 0 amide bonds. The Labute approximate surface area is 106 Å². The van der Waals surface area contributed by atoms with Crippen molar-refractivity contribution in [1.29, 1.82) is 5.26 Å². The van der Waals surface area contributed by atoms with Gasteiger partial charge in [0, 0.05) is 25.4 Å². The Bertz CT molecular complexity index is 562. The maximum Gasteiger partial charge on any atom is 0.203 e. The molecular formula is C13H16N4O. The van der Waals surface area contributed by atoms with E-state index in [-0.39, 0.29) is 0 Å². The number of hydrogen-bond donors (Lipinski definition) is 1. The van der Waals surface area contributed by atoms with Gasteiger partial charge in [0.25, 0.3) is 0 Å². The van der Waals surface area contributed by atoms with E-state index in [9.17, 15) is 0 Å². The van der Waals surface area contributed by atoms with Crippen LogP contribution < -0.4 is 5.32 Å². The molecule has 0 saturated carbocycles. The molecule has 0 fully saturated rings. The zero-order chi connectivity index (χ0) is 13.0. The minimum Gasteiger partial charge on any atom is -0.449 e. The fourth-order valence-electron chi connectivity index (χ4n) is 1.88. The Morgan fingerprint density at radius 3 is 2.94 bits per heavy atom. The Morgan fingerprint density at radius 1 is 1.44 bits per heavy atom. The second-order valence-electron chi connectivity index (χ2n) is 4.11. The van der Waals surface area contributed by atoms with E-state index in [1.54, 1.807) is 6.07 Å². The van der Waals surface area contributed by atoms with Crippen molar-refractivity contribution in [2.45, 2.75) is 26.4 Å². The van der Waals surface area contributed by atoms with Crippen molar-refractivity contribution < 1.29 is 4.42 Å². The number of aryl methyl sites for hydroxylation is 2. The normalized spacial score (nSPS) is 10.5. The predicted octanol–water partition coefficient (Wildman–Crippen LogP) is 1.74. The molecule has 5 nitrogen and oxygen atoms in total. The van der Waals surface area contributed by atoms with Crippen LogP contribution in [-0.4, -0.2) is 9.78 Å². The van der Waals surface area contributed by atoms with E-state index < -0.39 is 0 Å². The van der Waals surface area contributed by atoms with Gasteiger partial charge in [0.15, 0.2) is 0 Å². The van der Waals surface area contributed by atoms with Gasteiger partial charge in [0.2, 0.25) is 5.76 Å². The SMILES string of the molecule is CCc1nn(C)cc1CNCc1ccc(C#N)o1. The number of aromatic nitrogens is 2. The van der Waals surface area contributed by atoms with Crippen molar-refractivity contribution in [3.63, 3.8) is 0 Å². The molecule has 18 heavy (non-hydrogen) atoms. The van der Waals surface area contributed by atoms with E-state index in [0.29, 0.717) is 12.3 Å². The number of nitriles is 1. The van der Waals surface area contributed by atoms with Crippen molar-refractivity contribution in [2.24, 2.45) is 7.05 Å². The smallest absolute Gasteiger partial charge is 0.203 e. The van der Waals surface area contributed by atoms with Crippen LogP contribution in [0.25, 0.3) is 0 Å². The van der Waals surface area contributed by atoms with Crippen LogP contribution >= 0.6 is 0 Å². The van der Waals surface area contributed by atoms with Gasteiger partial charge in [-0.2, -0.15) is 10.4 Å². The number of rotatable bonds is 5. The largest absolute Gasteiger partial charge is 0.449 e. The summed E-state index contributed by atoms with van der Waals surface area (Å²) in [5.74, 6) is 1.12. The van der Waals surface area contributed by atoms with Crippen molar-refractivity contribution >= 4 is 0 Å². The van der Waals surface area contributed by atoms with Gasteiger partial charge >= 0.3 is 0 Å². The second-order valence-corrected chi connectivity index (χ2v) is 4.11.